The van der Waals surface area contributed by atoms with E-state index in [1.807, 2.05) is 0 Å². The molecule has 27 heavy (non-hydrogen) atoms. The number of hydrogen-bond acceptors (Lipinski definition) is 3. The van der Waals surface area contributed by atoms with Crippen molar-refractivity contribution in [2.24, 2.45) is 5.92 Å². The third-order valence-electron chi connectivity index (χ3n) is 4.93. The molecule has 2 atom stereocenters. The maximum atomic E-state index is 14.0. The molecule has 1 aliphatic heterocycles. The summed E-state index contributed by atoms with van der Waals surface area (Å²) in [5.41, 5.74) is 1.97. The predicted octanol–water partition coefficient (Wildman–Crippen LogP) is 3.83. The van der Waals surface area contributed by atoms with Crippen molar-refractivity contribution in [1.29, 1.82) is 0 Å². The van der Waals surface area contributed by atoms with Gasteiger partial charge in [0.25, 0.3) is 0 Å². The van der Waals surface area contributed by atoms with E-state index >= 15 is 0 Å². The summed E-state index contributed by atoms with van der Waals surface area (Å²) < 4.78 is 27.4. The Kier molecular flexibility index (Phi) is 4.61. The molecule has 1 saturated heterocycles. The molecule has 4 rings (SSSR count). The smallest absolute Gasteiger partial charge is 0.227 e. The quantitative estimate of drug-likeness (QED) is 0.656. The second-order valence-corrected chi connectivity index (χ2v) is 7.01. The van der Waals surface area contributed by atoms with Gasteiger partial charge in [-0.3, -0.25) is 4.79 Å². The number of nitrogens with one attached hydrogen (secondary N) is 3. The van der Waals surface area contributed by atoms with Crippen LogP contribution >= 0.6 is 0 Å². The lowest BCUT2D eigenvalue weighted by molar-refractivity contribution is -0.120. The minimum absolute atomic E-state index is 0.00128. The van der Waals surface area contributed by atoms with Gasteiger partial charge in [0.2, 0.25) is 5.91 Å². The van der Waals surface area contributed by atoms with E-state index in [0.717, 1.165) is 37.6 Å². The molecule has 2 heterocycles. The van der Waals surface area contributed by atoms with Crippen LogP contribution < -0.4 is 10.6 Å². The van der Waals surface area contributed by atoms with E-state index in [9.17, 15) is 13.6 Å². The highest BCUT2D eigenvalue weighted by Gasteiger charge is 2.24. The van der Waals surface area contributed by atoms with Gasteiger partial charge >= 0.3 is 0 Å². The second-order valence-electron chi connectivity index (χ2n) is 7.01. The first-order valence-corrected chi connectivity index (χ1v) is 8.99. The van der Waals surface area contributed by atoms with E-state index < -0.39 is 11.6 Å². The second kappa shape index (κ2) is 7.08. The Bertz CT molecular complexity index is 1000. The number of hydrogen-bond donors (Lipinski definition) is 3. The number of rotatable bonds is 3. The molecule has 1 aromatic heterocycles. The van der Waals surface area contributed by atoms with Gasteiger partial charge in [-0.1, -0.05) is 0 Å². The Morgan fingerprint density at radius 2 is 2.07 bits per heavy atom. The molecule has 0 spiro atoms. The number of carbonyl (C=O) groups is 1. The van der Waals surface area contributed by atoms with E-state index in [0.29, 0.717) is 22.8 Å². The molecule has 1 fully saturated rings. The number of aromatic amines is 1. The topological polar surface area (TPSA) is 69.8 Å². The van der Waals surface area contributed by atoms with Gasteiger partial charge in [0.15, 0.2) is 0 Å². The SMILES string of the molecule is C[C@H]1C[C@@H](C(=O)Nc2ccc3nc(-c4cc(F)ccc4F)[nH]c3c2)CCN1. The van der Waals surface area contributed by atoms with Crippen LogP contribution in [0.1, 0.15) is 19.8 Å². The molecule has 3 aromatic rings. The summed E-state index contributed by atoms with van der Waals surface area (Å²) in [6.45, 7) is 2.91. The average molecular weight is 370 g/mol. The maximum absolute atomic E-state index is 14.0. The van der Waals surface area contributed by atoms with Crippen molar-refractivity contribution in [2.45, 2.75) is 25.8 Å². The van der Waals surface area contributed by atoms with Crippen LogP contribution in [-0.4, -0.2) is 28.5 Å². The lowest BCUT2D eigenvalue weighted by Gasteiger charge is -2.27. The fourth-order valence-corrected chi connectivity index (χ4v) is 3.51. The molecule has 0 unspecified atom stereocenters. The van der Waals surface area contributed by atoms with Crippen LogP contribution in [0, 0.1) is 17.6 Å². The van der Waals surface area contributed by atoms with Crippen molar-refractivity contribution in [3.8, 4) is 11.4 Å². The van der Waals surface area contributed by atoms with E-state index in [2.05, 4.69) is 27.5 Å². The molecule has 2 aromatic carbocycles. The number of H-pyrrole nitrogens is 1. The van der Waals surface area contributed by atoms with Crippen molar-refractivity contribution < 1.29 is 13.6 Å². The number of piperidine rings is 1. The third kappa shape index (κ3) is 3.68. The van der Waals surface area contributed by atoms with E-state index in [4.69, 9.17) is 0 Å². The highest BCUT2D eigenvalue weighted by atomic mass is 19.1. The molecule has 1 aliphatic rings. The van der Waals surface area contributed by atoms with Crippen LogP contribution in [0.15, 0.2) is 36.4 Å². The molecular formula is C20H20F2N4O. The Labute approximate surface area is 155 Å². The van der Waals surface area contributed by atoms with Crippen LogP contribution in [0.5, 0.6) is 0 Å². The summed E-state index contributed by atoms with van der Waals surface area (Å²) in [6.07, 6.45) is 1.62. The Morgan fingerprint density at radius 1 is 1.22 bits per heavy atom. The maximum Gasteiger partial charge on any atom is 0.227 e. The van der Waals surface area contributed by atoms with Gasteiger partial charge in [0.1, 0.15) is 17.5 Å². The minimum Gasteiger partial charge on any atom is -0.338 e. The molecular weight excluding hydrogens is 350 g/mol. The van der Waals surface area contributed by atoms with Gasteiger partial charge in [-0.05, 0) is 62.7 Å². The van der Waals surface area contributed by atoms with Crippen molar-refractivity contribution >= 4 is 22.6 Å². The zero-order chi connectivity index (χ0) is 19.0. The van der Waals surface area contributed by atoms with Crippen LogP contribution in [0.25, 0.3) is 22.4 Å². The summed E-state index contributed by atoms with van der Waals surface area (Å²) in [5, 5.41) is 6.28. The summed E-state index contributed by atoms with van der Waals surface area (Å²) in [6, 6.07) is 8.83. The van der Waals surface area contributed by atoms with E-state index in [1.165, 1.54) is 0 Å². The van der Waals surface area contributed by atoms with Gasteiger partial charge in [0, 0.05) is 17.6 Å². The first kappa shape index (κ1) is 17.6. The van der Waals surface area contributed by atoms with Crippen molar-refractivity contribution in [3.05, 3.63) is 48.0 Å². The zero-order valence-corrected chi connectivity index (χ0v) is 14.9. The molecule has 140 valence electrons. The standard InChI is InChI=1S/C20H20F2N4O/c1-11-8-12(6-7-23-11)20(27)24-14-3-5-17-18(10-14)26-19(25-17)15-9-13(21)2-4-16(15)22/h2-5,9-12,23H,6-8H2,1H3,(H,24,27)(H,25,26)/t11-,12-/m0/s1. The number of aromatic nitrogens is 2. The third-order valence-corrected chi connectivity index (χ3v) is 4.93. The lowest BCUT2D eigenvalue weighted by atomic mass is 9.92. The van der Waals surface area contributed by atoms with Crippen molar-refractivity contribution in [3.63, 3.8) is 0 Å². The number of benzene rings is 2. The molecule has 0 aliphatic carbocycles. The molecule has 3 N–H and O–H groups in total. The molecule has 1 amide bonds. The molecule has 7 heteroatoms. The van der Waals surface area contributed by atoms with Crippen LogP contribution in [0.3, 0.4) is 0 Å². The summed E-state index contributed by atoms with van der Waals surface area (Å²) >= 11 is 0. The number of nitrogens with zero attached hydrogens (tertiary/aromatic N) is 1. The van der Waals surface area contributed by atoms with Crippen molar-refractivity contribution in [1.82, 2.24) is 15.3 Å². The number of carbonyl (C=O) groups excluding carboxylic acids is 1. The van der Waals surface area contributed by atoms with Gasteiger partial charge in [0.05, 0.1) is 16.6 Å². The first-order valence-electron chi connectivity index (χ1n) is 8.99. The highest BCUT2D eigenvalue weighted by molar-refractivity contribution is 5.95. The number of imidazole rings is 1. The van der Waals surface area contributed by atoms with E-state index in [1.54, 1.807) is 18.2 Å². The zero-order valence-electron chi connectivity index (χ0n) is 14.9. The lowest BCUT2D eigenvalue weighted by Crippen LogP contribution is -2.40. The molecule has 5 nitrogen and oxygen atoms in total. The van der Waals surface area contributed by atoms with Crippen molar-refractivity contribution in [2.75, 3.05) is 11.9 Å². The van der Waals surface area contributed by atoms with Gasteiger partial charge < -0.3 is 15.6 Å². The molecule has 0 radical (unpaired) electrons. The summed E-state index contributed by atoms with van der Waals surface area (Å²) in [7, 11) is 0. The van der Waals surface area contributed by atoms with Gasteiger partial charge in [-0.25, -0.2) is 13.8 Å². The molecule has 0 saturated carbocycles. The normalized spacial score (nSPS) is 20.0. The predicted molar refractivity (Wildman–Crippen MR) is 100 cm³/mol. The van der Waals surface area contributed by atoms with Crippen LogP contribution in [0.2, 0.25) is 0 Å². The monoisotopic (exact) mass is 370 g/mol. The number of fused-ring (bicyclic) bond motifs is 1. The Morgan fingerprint density at radius 3 is 2.89 bits per heavy atom. The van der Waals surface area contributed by atoms with Crippen LogP contribution in [0.4, 0.5) is 14.5 Å². The summed E-state index contributed by atoms with van der Waals surface area (Å²) in [5.74, 6) is -0.855. The minimum atomic E-state index is -0.552. The number of anilines is 1. The fourth-order valence-electron chi connectivity index (χ4n) is 3.51. The van der Waals surface area contributed by atoms with Gasteiger partial charge in [-0.2, -0.15) is 0 Å². The Hall–Kier alpha value is -2.80. The largest absolute Gasteiger partial charge is 0.338 e. The van der Waals surface area contributed by atoms with Crippen LogP contribution in [-0.2, 0) is 4.79 Å². The Balaban J connectivity index is 1.57. The number of halogens is 2. The van der Waals surface area contributed by atoms with E-state index in [-0.39, 0.29) is 23.2 Å². The first-order chi connectivity index (χ1) is 13.0. The number of amides is 1. The van der Waals surface area contributed by atoms with Gasteiger partial charge in [-0.15, -0.1) is 0 Å². The fraction of sp³-hybridized carbons (Fsp3) is 0.300. The molecule has 0 bridgehead atoms. The average Bonchev–Trinajstić information content (AvgIpc) is 3.07. The summed E-state index contributed by atoms with van der Waals surface area (Å²) in [4.78, 5) is 19.8. The highest BCUT2D eigenvalue weighted by Crippen LogP contribution is 2.26.